The second kappa shape index (κ2) is 26.2. The van der Waals surface area contributed by atoms with Crippen molar-refractivity contribution in [3.8, 4) is 0 Å². The van der Waals surface area contributed by atoms with Crippen molar-refractivity contribution >= 4 is 0 Å². The van der Waals surface area contributed by atoms with Crippen molar-refractivity contribution in [3.05, 3.63) is 0 Å². The Balaban J connectivity index is -0.0000000686. The molecule has 0 unspecified atom stereocenters. The lowest BCUT2D eigenvalue weighted by atomic mass is 9.93. The van der Waals surface area contributed by atoms with Crippen LogP contribution in [0.25, 0.3) is 0 Å². The zero-order valence-electron chi connectivity index (χ0n) is 16.5. The van der Waals surface area contributed by atoms with E-state index < -0.39 is 95.5 Å². The third kappa shape index (κ3) is 16.6. The van der Waals surface area contributed by atoms with E-state index in [-0.39, 0.29) is 50.9 Å². The van der Waals surface area contributed by atoms with Gasteiger partial charge in [0.1, 0.15) is 0 Å². The Bertz CT molecular complexity index is 217. The third-order valence-corrected chi connectivity index (χ3v) is 4.02. The fraction of sp³-hybridized carbons (Fsp3) is 1.00. The molecule has 12 N–H and O–H groups in total. The van der Waals surface area contributed by atoms with E-state index in [1.165, 1.54) is 0 Å². The van der Waals surface area contributed by atoms with Crippen LogP contribution in [-0.2, 0) is 0 Å². The van der Waals surface area contributed by atoms with Crippen LogP contribution in [0.15, 0.2) is 0 Å². The molecule has 0 rings (SSSR count). The van der Waals surface area contributed by atoms with Crippen LogP contribution in [0.5, 0.6) is 0 Å². The number of aliphatic hydroxyl groups excluding tert-OH is 12. The Kier molecular flexibility index (Phi) is 39.0. The molecule has 0 heterocycles. The second-order valence-corrected chi connectivity index (χ2v) is 6.40. The molecule has 0 aliphatic heterocycles. The molecule has 0 aromatic heterocycles. The van der Waals surface area contributed by atoms with Gasteiger partial charge in [0.25, 0.3) is 0 Å². The largest absolute Gasteiger partial charge is 1.00 e. The van der Waals surface area contributed by atoms with Crippen LogP contribution in [0.4, 0.5) is 0 Å². The van der Waals surface area contributed by atoms with E-state index in [0.717, 1.165) is 0 Å². The lowest BCUT2D eigenvalue weighted by Gasteiger charge is -2.23. The van der Waals surface area contributed by atoms with E-state index in [1.54, 1.807) is 0 Å². The molecule has 12 nitrogen and oxygen atoms in total. The molecule has 0 aromatic carbocycles. The molecule has 0 fully saturated rings. The first-order valence-corrected chi connectivity index (χ1v) is 8.04. The van der Waals surface area contributed by atoms with E-state index in [4.69, 9.17) is 61.3 Å². The first-order chi connectivity index (χ1) is 12.7. The van der Waals surface area contributed by atoms with Crippen molar-refractivity contribution < 1.29 is 112 Å². The monoisotopic (exact) mass is 645 g/mol. The molecule has 0 aliphatic carbocycles. The predicted octanol–water partition coefficient (Wildman–Crippen LogP) is -15.2. The van der Waals surface area contributed by atoms with Crippen molar-refractivity contribution in [2.45, 2.75) is 0 Å². The zero-order valence-corrected chi connectivity index (χ0v) is 21.2. The maximum absolute atomic E-state index is 8.50. The van der Waals surface area contributed by atoms with Crippen molar-refractivity contribution in [2.24, 2.45) is 16.2 Å². The number of aliphatic hydroxyl groups is 12. The van der Waals surface area contributed by atoms with Crippen LogP contribution in [0.3, 0.4) is 0 Å². The van der Waals surface area contributed by atoms with Gasteiger partial charge >= 0.3 is 0 Å². The zero-order chi connectivity index (χ0) is 22.0. The van der Waals surface area contributed by atoms with Crippen LogP contribution in [0.1, 0.15) is 0 Å². The minimum Gasteiger partial charge on any atom is -1.00 e. The van der Waals surface area contributed by atoms with E-state index in [2.05, 4.69) is 0 Å². The summed E-state index contributed by atoms with van der Waals surface area (Å²) >= 11 is 0. The third-order valence-electron chi connectivity index (χ3n) is 4.02. The van der Waals surface area contributed by atoms with Gasteiger partial charge in [-0.1, -0.05) is 0 Å². The van der Waals surface area contributed by atoms with Gasteiger partial charge in [-0.25, -0.2) is 0 Å². The molecule has 0 bridgehead atoms. The molecule has 192 valence electrons. The van der Waals surface area contributed by atoms with Crippen LogP contribution >= 0.6 is 0 Å². The van der Waals surface area contributed by atoms with Gasteiger partial charge in [0.2, 0.25) is 0 Å². The summed E-state index contributed by atoms with van der Waals surface area (Å²) in [7, 11) is 0. The topological polar surface area (TPSA) is 243 Å². The highest BCUT2D eigenvalue weighted by molar-refractivity contribution is 4.76. The molecule has 0 spiro atoms. The minimum absolute atomic E-state index is 0. The highest BCUT2D eigenvalue weighted by Gasteiger charge is 2.27. The van der Waals surface area contributed by atoms with Gasteiger partial charge in [-0.15, -0.1) is 0 Å². The standard InChI is InChI=1S/3C5H12O4.3BrH/c3*6-1-5(2-7,3-8)4-9;;;/h3*6-9H,1-4H2;3*1H/p-3. The Morgan fingerprint density at radius 3 is 0.300 bits per heavy atom. The quantitative estimate of drug-likeness (QED) is 0.0945. The Labute approximate surface area is 207 Å². The molecule has 0 radical (unpaired) electrons. The van der Waals surface area contributed by atoms with Gasteiger partial charge in [0.15, 0.2) is 0 Å². The average Bonchev–Trinajstić information content (AvgIpc) is 2.75. The van der Waals surface area contributed by atoms with Crippen molar-refractivity contribution in [2.75, 3.05) is 79.3 Å². The summed E-state index contributed by atoms with van der Waals surface area (Å²) in [5, 5.41) is 102. The highest BCUT2D eigenvalue weighted by Crippen LogP contribution is 2.13. The molecule has 0 atom stereocenters. The average molecular weight is 648 g/mol. The van der Waals surface area contributed by atoms with E-state index in [0.29, 0.717) is 0 Å². The Morgan fingerprint density at radius 1 is 0.233 bits per heavy atom. The van der Waals surface area contributed by atoms with E-state index in [9.17, 15) is 0 Å². The summed E-state index contributed by atoms with van der Waals surface area (Å²) in [6, 6.07) is 0. The Morgan fingerprint density at radius 2 is 0.300 bits per heavy atom. The fourth-order valence-corrected chi connectivity index (χ4v) is 0.900. The van der Waals surface area contributed by atoms with Crippen LogP contribution in [0, 0.1) is 16.2 Å². The second-order valence-electron chi connectivity index (χ2n) is 6.40. The van der Waals surface area contributed by atoms with Gasteiger partial charge in [-0.2, -0.15) is 0 Å². The van der Waals surface area contributed by atoms with Gasteiger partial charge < -0.3 is 112 Å². The maximum atomic E-state index is 8.50. The molecular formula is C15H36Br3O12-3. The normalized spacial score (nSPS) is 10.8. The van der Waals surface area contributed by atoms with E-state index in [1.807, 2.05) is 0 Å². The van der Waals surface area contributed by atoms with Crippen molar-refractivity contribution in [1.82, 2.24) is 0 Å². The first kappa shape index (κ1) is 44.6. The predicted molar refractivity (Wildman–Crippen MR) is 92.3 cm³/mol. The van der Waals surface area contributed by atoms with Crippen molar-refractivity contribution in [1.29, 1.82) is 0 Å². The lowest BCUT2D eigenvalue weighted by Crippen LogP contribution is -3.00. The summed E-state index contributed by atoms with van der Waals surface area (Å²) in [5.74, 6) is 0. The minimum atomic E-state index is -1.11. The van der Waals surface area contributed by atoms with E-state index >= 15 is 0 Å². The molecule has 0 saturated carbocycles. The summed E-state index contributed by atoms with van der Waals surface area (Å²) < 4.78 is 0. The van der Waals surface area contributed by atoms with Crippen LogP contribution < -0.4 is 50.9 Å². The lowest BCUT2D eigenvalue weighted by molar-refractivity contribution is -0.0332. The molecule has 30 heavy (non-hydrogen) atoms. The summed E-state index contributed by atoms with van der Waals surface area (Å²) in [5.41, 5.74) is -3.33. The molecule has 15 heteroatoms. The van der Waals surface area contributed by atoms with Gasteiger partial charge in [0, 0.05) is 0 Å². The van der Waals surface area contributed by atoms with Gasteiger partial charge in [-0.05, 0) is 0 Å². The fourth-order valence-electron chi connectivity index (χ4n) is 0.900. The summed E-state index contributed by atoms with van der Waals surface area (Å²) in [6.07, 6.45) is 0. The summed E-state index contributed by atoms with van der Waals surface area (Å²) in [6.45, 7) is -4.88. The SMILES string of the molecule is OCC(CO)(CO)CO.OCC(CO)(CO)CO.OCC(CO)(CO)CO.[Br-].[Br-].[Br-]. The maximum Gasteiger partial charge on any atom is 0.0627 e. The van der Waals surface area contributed by atoms with Gasteiger partial charge in [-0.3, -0.25) is 0 Å². The molecule has 0 aromatic rings. The Hall–Kier alpha value is 0.960. The smallest absolute Gasteiger partial charge is 0.0627 e. The number of hydrogen-bond donors (Lipinski definition) is 12. The van der Waals surface area contributed by atoms with Crippen LogP contribution in [-0.4, -0.2) is 141 Å². The number of rotatable bonds is 12. The summed E-state index contributed by atoms with van der Waals surface area (Å²) in [4.78, 5) is 0. The first-order valence-electron chi connectivity index (χ1n) is 8.04. The van der Waals surface area contributed by atoms with Crippen LogP contribution in [0.2, 0.25) is 0 Å². The van der Waals surface area contributed by atoms with Gasteiger partial charge in [0.05, 0.1) is 95.5 Å². The number of halogens is 3. The molecule has 0 aliphatic rings. The molecular weight excluding hydrogens is 612 g/mol. The highest BCUT2D eigenvalue weighted by atomic mass is 79.9. The number of hydrogen-bond acceptors (Lipinski definition) is 12. The molecule has 0 saturated heterocycles. The molecule has 0 amide bonds. The van der Waals surface area contributed by atoms with Crippen molar-refractivity contribution in [3.63, 3.8) is 0 Å².